The Morgan fingerprint density at radius 3 is 2.53 bits per heavy atom. The quantitative estimate of drug-likeness (QED) is 0.878. The average Bonchev–Trinajstić information content (AvgIpc) is 2.63. The highest BCUT2D eigenvalue weighted by Gasteiger charge is 2.13. The SMILES string of the molecule is Cc1ccc(S(C)(=O)=O)cc1-c1cc(N)on1. The fraction of sp³-hybridized carbons (Fsp3) is 0.182. The van der Waals surface area contributed by atoms with Crippen LogP contribution in [-0.2, 0) is 9.84 Å². The van der Waals surface area contributed by atoms with E-state index in [9.17, 15) is 8.42 Å². The lowest BCUT2D eigenvalue weighted by Gasteiger charge is -2.04. The van der Waals surface area contributed by atoms with Gasteiger partial charge in [-0.3, -0.25) is 0 Å². The molecule has 0 saturated heterocycles. The van der Waals surface area contributed by atoms with Crippen LogP contribution in [0, 0.1) is 6.92 Å². The Labute approximate surface area is 99.1 Å². The Hall–Kier alpha value is -1.82. The maximum absolute atomic E-state index is 11.5. The number of hydrogen-bond acceptors (Lipinski definition) is 5. The fourth-order valence-electron chi connectivity index (χ4n) is 1.52. The average molecular weight is 252 g/mol. The molecule has 0 spiro atoms. The summed E-state index contributed by atoms with van der Waals surface area (Å²) in [4.78, 5) is 0.250. The summed E-state index contributed by atoms with van der Waals surface area (Å²) < 4.78 is 27.7. The predicted octanol–water partition coefficient (Wildman–Crippen LogP) is 1.64. The minimum Gasteiger partial charge on any atom is -0.368 e. The second kappa shape index (κ2) is 3.89. The molecule has 0 saturated carbocycles. The standard InChI is InChI=1S/C11H12N2O3S/c1-7-3-4-8(17(2,14)15)5-9(7)10-6-11(12)16-13-10/h3-6H,12H2,1-2H3. The van der Waals surface area contributed by atoms with E-state index >= 15 is 0 Å². The van der Waals surface area contributed by atoms with Crippen molar-refractivity contribution in [2.75, 3.05) is 12.0 Å². The summed E-state index contributed by atoms with van der Waals surface area (Å²) in [6.45, 7) is 1.87. The van der Waals surface area contributed by atoms with E-state index in [1.807, 2.05) is 6.92 Å². The highest BCUT2D eigenvalue weighted by atomic mass is 32.2. The number of nitrogen functional groups attached to an aromatic ring is 1. The van der Waals surface area contributed by atoms with Crippen molar-refractivity contribution >= 4 is 15.7 Å². The lowest BCUT2D eigenvalue weighted by atomic mass is 10.1. The first-order valence-corrected chi connectivity index (χ1v) is 6.80. The molecule has 17 heavy (non-hydrogen) atoms. The van der Waals surface area contributed by atoms with Crippen LogP contribution in [0.4, 0.5) is 5.88 Å². The van der Waals surface area contributed by atoms with Crippen molar-refractivity contribution in [3.63, 3.8) is 0 Å². The molecule has 0 aliphatic rings. The van der Waals surface area contributed by atoms with Crippen LogP contribution in [0.25, 0.3) is 11.3 Å². The second-order valence-corrected chi connectivity index (χ2v) is 5.88. The molecule has 1 aromatic carbocycles. The third-order valence-corrected chi connectivity index (χ3v) is 3.55. The molecule has 2 N–H and O–H groups in total. The Bertz CT molecular complexity index is 659. The summed E-state index contributed by atoms with van der Waals surface area (Å²) >= 11 is 0. The van der Waals surface area contributed by atoms with Crippen molar-refractivity contribution in [1.29, 1.82) is 0 Å². The topological polar surface area (TPSA) is 86.2 Å². The molecule has 0 radical (unpaired) electrons. The summed E-state index contributed by atoms with van der Waals surface area (Å²) in [6.07, 6.45) is 1.17. The van der Waals surface area contributed by atoms with E-state index < -0.39 is 9.84 Å². The molecule has 2 aromatic rings. The zero-order valence-corrected chi connectivity index (χ0v) is 10.3. The summed E-state index contributed by atoms with van der Waals surface area (Å²) in [5, 5.41) is 3.78. The van der Waals surface area contributed by atoms with Crippen LogP contribution in [0.2, 0.25) is 0 Å². The van der Waals surface area contributed by atoms with Gasteiger partial charge in [0, 0.05) is 17.9 Å². The molecule has 1 aromatic heterocycles. The van der Waals surface area contributed by atoms with Gasteiger partial charge in [-0.1, -0.05) is 11.2 Å². The molecule has 0 fully saturated rings. The molecule has 5 nitrogen and oxygen atoms in total. The lowest BCUT2D eigenvalue weighted by Crippen LogP contribution is -1.98. The summed E-state index contributed by atoms with van der Waals surface area (Å²) in [6, 6.07) is 6.44. The molecule has 0 atom stereocenters. The smallest absolute Gasteiger partial charge is 0.222 e. The largest absolute Gasteiger partial charge is 0.368 e. The number of sulfone groups is 1. The minimum atomic E-state index is -3.23. The third-order valence-electron chi connectivity index (χ3n) is 2.44. The van der Waals surface area contributed by atoms with Crippen LogP contribution in [0.15, 0.2) is 33.7 Å². The molecule has 0 aliphatic heterocycles. The molecule has 90 valence electrons. The number of benzene rings is 1. The Morgan fingerprint density at radius 2 is 2.00 bits per heavy atom. The molecule has 0 bridgehead atoms. The van der Waals surface area contributed by atoms with Crippen LogP contribution in [0.1, 0.15) is 5.56 Å². The molecular formula is C11H12N2O3S. The summed E-state index contributed by atoms with van der Waals surface area (Å²) in [5.74, 6) is 0.198. The Kier molecular flexibility index (Phi) is 2.66. The predicted molar refractivity (Wildman–Crippen MR) is 64.2 cm³/mol. The second-order valence-electron chi connectivity index (χ2n) is 3.86. The van der Waals surface area contributed by atoms with Crippen molar-refractivity contribution in [1.82, 2.24) is 5.16 Å². The molecule has 1 heterocycles. The molecule has 0 unspecified atom stereocenters. The van der Waals surface area contributed by atoms with E-state index in [0.29, 0.717) is 11.3 Å². The van der Waals surface area contributed by atoms with Crippen LogP contribution < -0.4 is 5.73 Å². The number of rotatable bonds is 2. The van der Waals surface area contributed by atoms with Crippen LogP contribution in [-0.4, -0.2) is 19.8 Å². The van der Waals surface area contributed by atoms with Gasteiger partial charge in [-0.15, -0.1) is 0 Å². The van der Waals surface area contributed by atoms with Gasteiger partial charge < -0.3 is 10.3 Å². The Morgan fingerprint density at radius 1 is 1.29 bits per heavy atom. The van der Waals surface area contributed by atoms with E-state index in [2.05, 4.69) is 5.16 Å². The zero-order valence-electron chi connectivity index (χ0n) is 9.47. The fourth-order valence-corrected chi connectivity index (χ4v) is 2.17. The van der Waals surface area contributed by atoms with Crippen LogP contribution in [0.3, 0.4) is 0 Å². The maximum atomic E-state index is 11.5. The number of hydrogen-bond donors (Lipinski definition) is 1. The number of nitrogens with zero attached hydrogens (tertiary/aromatic N) is 1. The first kappa shape index (κ1) is 11.7. The molecule has 6 heteroatoms. The first-order chi connectivity index (χ1) is 7.88. The van der Waals surface area contributed by atoms with Gasteiger partial charge in [-0.05, 0) is 24.6 Å². The van der Waals surface area contributed by atoms with Crippen molar-refractivity contribution in [3.05, 3.63) is 29.8 Å². The third kappa shape index (κ3) is 2.31. The van der Waals surface area contributed by atoms with E-state index in [0.717, 1.165) is 5.56 Å². The summed E-state index contributed by atoms with van der Waals surface area (Å²) in [7, 11) is -3.23. The van der Waals surface area contributed by atoms with Gasteiger partial charge in [0.2, 0.25) is 5.88 Å². The van der Waals surface area contributed by atoms with Crippen molar-refractivity contribution in [3.8, 4) is 11.3 Å². The molecular weight excluding hydrogens is 240 g/mol. The first-order valence-electron chi connectivity index (χ1n) is 4.91. The van der Waals surface area contributed by atoms with Crippen molar-refractivity contribution in [2.24, 2.45) is 0 Å². The molecule has 0 aliphatic carbocycles. The number of nitrogens with two attached hydrogens (primary N) is 1. The van der Waals surface area contributed by atoms with Crippen molar-refractivity contribution < 1.29 is 12.9 Å². The van der Waals surface area contributed by atoms with Gasteiger partial charge in [0.1, 0.15) is 5.69 Å². The van der Waals surface area contributed by atoms with Gasteiger partial charge in [0.05, 0.1) is 4.90 Å². The monoisotopic (exact) mass is 252 g/mol. The van der Waals surface area contributed by atoms with Gasteiger partial charge in [-0.2, -0.15) is 0 Å². The van der Waals surface area contributed by atoms with Gasteiger partial charge >= 0.3 is 0 Å². The maximum Gasteiger partial charge on any atom is 0.222 e. The minimum absolute atomic E-state index is 0.198. The number of aromatic nitrogens is 1. The van der Waals surface area contributed by atoms with E-state index in [-0.39, 0.29) is 10.8 Å². The van der Waals surface area contributed by atoms with E-state index in [4.69, 9.17) is 10.3 Å². The number of aryl methyl sites for hydroxylation is 1. The van der Waals surface area contributed by atoms with Gasteiger partial charge in [0.15, 0.2) is 9.84 Å². The lowest BCUT2D eigenvalue weighted by molar-refractivity contribution is 0.439. The molecule has 0 amide bonds. The van der Waals surface area contributed by atoms with Gasteiger partial charge in [0.25, 0.3) is 0 Å². The summed E-state index contributed by atoms with van der Waals surface area (Å²) in [5.41, 5.74) is 7.59. The van der Waals surface area contributed by atoms with E-state index in [1.54, 1.807) is 24.3 Å². The normalized spacial score (nSPS) is 11.6. The van der Waals surface area contributed by atoms with E-state index in [1.165, 1.54) is 6.26 Å². The highest BCUT2D eigenvalue weighted by Crippen LogP contribution is 2.26. The Balaban J connectivity index is 2.62. The highest BCUT2D eigenvalue weighted by molar-refractivity contribution is 7.90. The van der Waals surface area contributed by atoms with Crippen molar-refractivity contribution in [2.45, 2.75) is 11.8 Å². The number of anilines is 1. The molecule has 2 rings (SSSR count). The zero-order chi connectivity index (χ0) is 12.6. The van der Waals surface area contributed by atoms with Crippen LogP contribution in [0.5, 0.6) is 0 Å². The van der Waals surface area contributed by atoms with Gasteiger partial charge in [-0.25, -0.2) is 8.42 Å². The van der Waals surface area contributed by atoms with Crippen LogP contribution >= 0.6 is 0 Å².